The number of rotatable bonds is 3. The van der Waals surface area contributed by atoms with Gasteiger partial charge in [-0.25, -0.2) is 0 Å². The van der Waals surface area contributed by atoms with E-state index in [0.717, 1.165) is 37.8 Å². The standard InChI is InChI=1S/C14H18BrF3N2/c15-11-5-10(14(16,17)18)6-12(7-11)20-13-4-2-1-3-9(13)8-19/h5-7,9,13,20H,1-4,8,19H2. The summed E-state index contributed by atoms with van der Waals surface area (Å²) < 4.78 is 38.8. The highest BCUT2D eigenvalue weighted by Gasteiger charge is 2.31. The number of anilines is 1. The molecule has 3 N–H and O–H groups in total. The van der Waals surface area contributed by atoms with Crippen molar-refractivity contribution in [1.29, 1.82) is 0 Å². The van der Waals surface area contributed by atoms with E-state index in [2.05, 4.69) is 21.2 Å². The Hall–Kier alpha value is -0.750. The number of benzene rings is 1. The van der Waals surface area contributed by atoms with Gasteiger partial charge in [0.2, 0.25) is 0 Å². The van der Waals surface area contributed by atoms with Crippen LogP contribution in [0.1, 0.15) is 31.2 Å². The molecule has 0 spiro atoms. The van der Waals surface area contributed by atoms with Gasteiger partial charge >= 0.3 is 6.18 Å². The second-order valence-electron chi connectivity index (χ2n) is 5.26. The SMILES string of the molecule is NCC1CCCCC1Nc1cc(Br)cc(C(F)(F)F)c1. The molecular weight excluding hydrogens is 333 g/mol. The van der Waals surface area contributed by atoms with Crippen molar-refractivity contribution in [3.05, 3.63) is 28.2 Å². The Kier molecular flexibility index (Phi) is 4.96. The molecule has 0 aromatic heterocycles. The van der Waals surface area contributed by atoms with E-state index in [0.29, 0.717) is 22.6 Å². The molecule has 1 aliphatic rings. The van der Waals surface area contributed by atoms with E-state index in [1.807, 2.05) is 0 Å². The number of alkyl halides is 3. The van der Waals surface area contributed by atoms with Gasteiger partial charge in [0.05, 0.1) is 5.56 Å². The molecule has 0 radical (unpaired) electrons. The van der Waals surface area contributed by atoms with Crippen LogP contribution in [0.15, 0.2) is 22.7 Å². The van der Waals surface area contributed by atoms with E-state index in [1.165, 1.54) is 0 Å². The molecule has 1 aliphatic carbocycles. The van der Waals surface area contributed by atoms with E-state index >= 15 is 0 Å². The number of nitrogens with one attached hydrogen (secondary N) is 1. The lowest BCUT2D eigenvalue weighted by molar-refractivity contribution is -0.137. The molecule has 1 aromatic carbocycles. The van der Waals surface area contributed by atoms with Gasteiger partial charge in [-0.3, -0.25) is 0 Å². The molecule has 0 bridgehead atoms. The van der Waals surface area contributed by atoms with Gasteiger partial charge in [-0.15, -0.1) is 0 Å². The molecule has 1 fully saturated rings. The fraction of sp³-hybridized carbons (Fsp3) is 0.571. The summed E-state index contributed by atoms with van der Waals surface area (Å²) in [4.78, 5) is 0. The van der Waals surface area contributed by atoms with Crippen LogP contribution in [-0.2, 0) is 6.18 Å². The third-order valence-corrected chi connectivity index (χ3v) is 4.25. The first-order valence-corrected chi connectivity index (χ1v) is 7.54. The fourth-order valence-electron chi connectivity index (χ4n) is 2.73. The van der Waals surface area contributed by atoms with E-state index < -0.39 is 11.7 Å². The van der Waals surface area contributed by atoms with Crippen LogP contribution >= 0.6 is 15.9 Å². The normalized spacial score (nSPS) is 23.6. The molecule has 2 unspecified atom stereocenters. The van der Waals surface area contributed by atoms with Crippen molar-refractivity contribution in [2.24, 2.45) is 11.7 Å². The maximum atomic E-state index is 12.8. The first-order valence-electron chi connectivity index (χ1n) is 6.74. The molecule has 20 heavy (non-hydrogen) atoms. The van der Waals surface area contributed by atoms with Gasteiger partial charge in [-0.2, -0.15) is 13.2 Å². The third-order valence-electron chi connectivity index (χ3n) is 3.79. The topological polar surface area (TPSA) is 38.0 Å². The second kappa shape index (κ2) is 6.35. The Balaban J connectivity index is 2.18. The molecule has 2 rings (SSSR count). The monoisotopic (exact) mass is 350 g/mol. The zero-order valence-electron chi connectivity index (χ0n) is 11.0. The lowest BCUT2D eigenvalue weighted by atomic mass is 9.84. The summed E-state index contributed by atoms with van der Waals surface area (Å²) in [5.74, 6) is 0.331. The second-order valence-corrected chi connectivity index (χ2v) is 6.17. The fourth-order valence-corrected chi connectivity index (χ4v) is 3.22. The minimum Gasteiger partial charge on any atom is -0.382 e. The zero-order valence-corrected chi connectivity index (χ0v) is 12.6. The van der Waals surface area contributed by atoms with Crippen LogP contribution in [0.3, 0.4) is 0 Å². The molecule has 112 valence electrons. The Morgan fingerprint density at radius 2 is 1.90 bits per heavy atom. The summed E-state index contributed by atoms with van der Waals surface area (Å²) >= 11 is 3.14. The predicted octanol–water partition coefficient (Wildman–Crippen LogP) is 4.40. The lowest BCUT2D eigenvalue weighted by Gasteiger charge is -2.32. The van der Waals surface area contributed by atoms with E-state index in [-0.39, 0.29) is 6.04 Å². The Morgan fingerprint density at radius 3 is 2.55 bits per heavy atom. The van der Waals surface area contributed by atoms with Gasteiger partial charge in [0.15, 0.2) is 0 Å². The molecule has 0 aliphatic heterocycles. The number of hydrogen-bond acceptors (Lipinski definition) is 2. The summed E-state index contributed by atoms with van der Waals surface area (Å²) in [5, 5.41) is 3.23. The largest absolute Gasteiger partial charge is 0.416 e. The molecule has 0 saturated heterocycles. The summed E-state index contributed by atoms with van der Waals surface area (Å²) in [6.07, 6.45) is -0.106. The highest BCUT2D eigenvalue weighted by molar-refractivity contribution is 9.10. The van der Waals surface area contributed by atoms with E-state index in [9.17, 15) is 13.2 Å². The first-order chi connectivity index (χ1) is 9.40. The first kappa shape index (κ1) is 15.6. The van der Waals surface area contributed by atoms with Crippen molar-refractivity contribution in [1.82, 2.24) is 0 Å². The van der Waals surface area contributed by atoms with Gasteiger partial charge in [-0.05, 0) is 43.5 Å². The molecular formula is C14H18BrF3N2. The van der Waals surface area contributed by atoms with Gasteiger partial charge in [0.25, 0.3) is 0 Å². The van der Waals surface area contributed by atoms with Crippen LogP contribution in [0, 0.1) is 5.92 Å². The number of nitrogens with two attached hydrogens (primary N) is 1. The molecule has 1 saturated carbocycles. The minimum absolute atomic E-state index is 0.157. The maximum absolute atomic E-state index is 12.8. The molecule has 0 amide bonds. The zero-order chi connectivity index (χ0) is 14.8. The minimum atomic E-state index is -4.33. The summed E-state index contributed by atoms with van der Waals surface area (Å²) in [6, 6.07) is 4.08. The Morgan fingerprint density at radius 1 is 1.20 bits per heavy atom. The molecule has 0 heterocycles. The van der Waals surface area contributed by atoms with E-state index in [4.69, 9.17) is 5.73 Å². The number of hydrogen-bond donors (Lipinski definition) is 2. The van der Waals surface area contributed by atoms with Crippen LogP contribution < -0.4 is 11.1 Å². The molecule has 2 atom stereocenters. The highest BCUT2D eigenvalue weighted by Crippen LogP contribution is 2.34. The molecule has 1 aromatic rings. The van der Waals surface area contributed by atoms with Crippen LogP contribution in [0.4, 0.5) is 18.9 Å². The van der Waals surface area contributed by atoms with Gasteiger partial charge in [-0.1, -0.05) is 28.8 Å². The third kappa shape index (κ3) is 3.88. The van der Waals surface area contributed by atoms with E-state index in [1.54, 1.807) is 6.07 Å². The Bertz CT molecular complexity index is 462. The average Bonchev–Trinajstić information content (AvgIpc) is 2.37. The van der Waals surface area contributed by atoms with Gasteiger partial charge < -0.3 is 11.1 Å². The Labute approximate surface area is 125 Å². The summed E-state index contributed by atoms with van der Waals surface area (Å²) in [6.45, 7) is 0.567. The van der Waals surface area contributed by atoms with Crippen LogP contribution in [0.25, 0.3) is 0 Å². The van der Waals surface area contributed by atoms with Crippen LogP contribution in [0.2, 0.25) is 0 Å². The quantitative estimate of drug-likeness (QED) is 0.847. The summed E-state index contributed by atoms with van der Waals surface area (Å²) in [7, 11) is 0. The number of halogens is 4. The van der Waals surface area contributed by atoms with Crippen molar-refractivity contribution in [3.63, 3.8) is 0 Å². The van der Waals surface area contributed by atoms with Crippen molar-refractivity contribution in [2.45, 2.75) is 37.9 Å². The lowest BCUT2D eigenvalue weighted by Crippen LogP contribution is -2.36. The maximum Gasteiger partial charge on any atom is 0.416 e. The smallest absolute Gasteiger partial charge is 0.382 e. The van der Waals surface area contributed by atoms with Gasteiger partial charge in [0.1, 0.15) is 0 Å². The predicted molar refractivity (Wildman–Crippen MR) is 77.6 cm³/mol. The highest BCUT2D eigenvalue weighted by atomic mass is 79.9. The van der Waals surface area contributed by atoms with Gasteiger partial charge in [0, 0.05) is 16.2 Å². The van der Waals surface area contributed by atoms with Crippen LogP contribution in [-0.4, -0.2) is 12.6 Å². The van der Waals surface area contributed by atoms with Crippen LogP contribution in [0.5, 0.6) is 0 Å². The van der Waals surface area contributed by atoms with Crippen molar-refractivity contribution in [3.8, 4) is 0 Å². The molecule has 2 nitrogen and oxygen atoms in total. The van der Waals surface area contributed by atoms with Crippen molar-refractivity contribution < 1.29 is 13.2 Å². The van der Waals surface area contributed by atoms with Crippen molar-refractivity contribution in [2.75, 3.05) is 11.9 Å². The average molecular weight is 351 g/mol. The van der Waals surface area contributed by atoms with Crippen molar-refractivity contribution >= 4 is 21.6 Å². The molecule has 6 heteroatoms. The summed E-state index contributed by atoms with van der Waals surface area (Å²) in [5.41, 5.74) is 5.60.